The van der Waals surface area contributed by atoms with Gasteiger partial charge in [-0.05, 0) is 38.7 Å². The number of benzene rings is 1. The van der Waals surface area contributed by atoms with Gasteiger partial charge in [0.05, 0.1) is 11.6 Å². The molecule has 0 N–H and O–H groups in total. The molecule has 102 valence electrons. The van der Waals surface area contributed by atoms with E-state index >= 15 is 0 Å². The maximum Gasteiger partial charge on any atom is 0.416 e. The third-order valence-electron chi connectivity index (χ3n) is 2.46. The first kappa shape index (κ1) is 16.9. The predicted molar refractivity (Wildman–Crippen MR) is 65.8 cm³/mol. The molecular formula is C12H15ClF3NO. The Morgan fingerprint density at radius 3 is 1.89 bits per heavy atom. The second kappa shape index (κ2) is 6.20. The van der Waals surface area contributed by atoms with Crippen LogP contribution < -0.4 is 0 Å². The van der Waals surface area contributed by atoms with Gasteiger partial charge in [-0.1, -0.05) is 12.1 Å². The number of nitrogens with zero attached hydrogens (tertiary/aromatic N) is 1. The molecule has 0 aliphatic heterocycles. The summed E-state index contributed by atoms with van der Waals surface area (Å²) in [6, 6.07) is 4.17. The minimum atomic E-state index is -4.34. The molecule has 0 aromatic heterocycles. The molecule has 2 nitrogen and oxygen atoms in total. The van der Waals surface area contributed by atoms with Crippen molar-refractivity contribution >= 4 is 18.2 Å². The topological polar surface area (TPSA) is 20.3 Å². The summed E-state index contributed by atoms with van der Waals surface area (Å²) in [6.07, 6.45) is -4.34. The fraction of sp³-hybridized carbons (Fsp3) is 0.417. The van der Waals surface area contributed by atoms with Gasteiger partial charge in [0.1, 0.15) is 0 Å². The van der Waals surface area contributed by atoms with Crippen LogP contribution in [0, 0.1) is 0 Å². The highest BCUT2D eigenvalue weighted by molar-refractivity contribution is 5.85. The standard InChI is InChI=1S/C12H14F3NO.ClH/c1-8(17)11(16(2)3)9-4-6-10(7-5-9)12(13,14)15;/h4-7,11H,1-3H3;1H. The second-order valence-corrected chi connectivity index (χ2v) is 4.10. The molecule has 1 rings (SSSR count). The quantitative estimate of drug-likeness (QED) is 0.847. The number of hydrogen-bond acceptors (Lipinski definition) is 2. The average molecular weight is 282 g/mol. The third-order valence-corrected chi connectivity index (χ3v) is 2.46. The van der Waals surface area contributed by atoms with Gasteiger partial charge in [0.15, 0.2) is 5.78 Å². The SMILES string of the molecule is CC(=O)C(c1ccc(C(F)(F)F)cc1)N(C)C.Cl. The summed E-state index contributed by atoms with van der Waals surface area (Å²) < 4.78 is 37.1. The second-order valence-electron chi connectivity index (χ2n) is 4.10. The van der Waals surface area contributed by atoms with Gasteiger partial charge in [-0.3, -0.25) is 9.69 Å². The van der Waals surface area contributed by atoms with E-state index < -0.39 is 17.8 Å². The molecule has 1 aromatic rings. The molecule has 6 heteroatoms. The summed E-state index contributed by atoms with van der Waals surface area (Å²) in [6.45, 7) is 1.42. The van der Waals surface area contributed by atoms with Gasteiger partial charge in [0, 0.05) is 0 Å². The molecule has 0 amide bonds. The third kappa shape index (κ3) is 3.99. The number of ketones is 1. The van der Waals surface area contributed by atoms with Gasteiger partial charge in [-0.2, -0.15) is 13.2 Å². The zero-order chi connectivity index (χ0) is 13.2. The van der Waals surface area contributed by atoms with Crippen LogP contribution in [0.25, 0.3) is 0 Å². The van der Waals surface area contributed by atoms with Crippen molar-refractivity contribution < 1.29 is 18.0 Å². The molecule has 1 atom stereocenters. The first-order valence-corrected chi connectivity index (χ1v) is 5.07. The van der Waals surface area contributed by atoms with E-state index in [1.807, 2.05) is 0 Å². The van der Waals surface area contributed by atoms with Gasteiger partial charge < -0.3 is 0 Å². The van der Waals surface area contributed by atoms with Crippen molar-refractivity contribution in [1.29, 1.82) is 0 Å². The summed E-state index contributed by atoms with van der Waals surface area (Å²) in [5, 5.41) is 0. The van der Waals surface area contributed by atoms with Crippen molar-refractivity contribution in [3.8, 4) is 0 Å². The van der Waals surface area contributed by atoms with Crippen LogP contribution in [-0.2, 0) is 11.0 Å². The Morgan fingerprint density at radius 2 is 1.61 bits per heavy atom. The van der Waals surface area contributed by atoms with Crippen LogP contribution in [0.1, 0.15) is 24.1 Å². The Bertz CT molecular complexity index is 401. The number of likely N-dealkylation sites (N-methyl/N-ethyl adjacent to an activating group) is 1. The first-order valence-electron chi connectivity index (χ1n) is 5.07. The number of alkyl halides is 3. The Labute approximate surface area is 110 Å². The van der Waals surface area contributed by atoms with Crippen molar-refractivity contribution in [2.24, 2.45) is 0 Å². The molecule has 18 heavy (non-hydrogen) atoms. The molecule has 0 radical (unpaired) electrons. The van der Waals surface area contributed by atoms with Gasteiger partial charge in [-0.15, -0.1) is 12.4 Å². The van der Waals surface area contributed by atoms with Crippen molar-refractivity contribution in [1.82, 2.24) is 4.90 Å². The largest absolute Gasteiger partial charge is 0.416 e. The van der Waals surface area contributed by atoms with Crippen molar-refractivity contribution in [2.75, 3.05) is 14.1 Å². The molecule has 0 saturated carbocycles. The summed E-state index contributed by atoms with van der Waals surface area (Å²) in [7, 11) is 3.42. The monoisotopic (exact) mass is 281 g/mol. The van der Waals surface area contributed by atoms with Crippen molar-refractivity contribution in [3.05, 3.63) is 35.4 Å². The van der Waals surface area contributed by atoms with E-state index in [2.05, 4.69) is 0 Å². The smallest absolute Gasteiger partial charge is 0.298 e. The predicted octanol–water partition coefficient (Wildman–Crippen LogP) is 3.32. The normalized spacial score (nSPS) is 13.1. The minimum absolute atomic E-state index is 0. The van der Waals surface area contributed by atoms with E-state index in [1.54, 1.807) is 19.0 Å². The molecule has 0 bridgehead atoms. The Kier molecular flexibility index (Phi) is 5.83. The highest BCUT2D eigenvalue weighted by Gasteiger charge is 2.30. The van der Waals surface area contributed by atoms with E-state index in [9.17, 15) is 18.0 Å². The highest BCUT2D eigenvalue weighted by Crippen LogP contribution is 2.30. The molecule has 0 aliphatic rings. The lowest BCUT2D eigenvalue weighted by Crippen LogP contribution is -2.26. The van der Waals surface area contributed by atoms with Crippen LogP contribution in [0.2, 0.25) is 0 Å². The van der Waals surface area contributed by atoms with Crippen LogP contribution in [0.3, 0.4) is 0 Å². The Morgan fingerprint density at radius 1 is 1.17 bits per heavy atom. The molecule has 1 aromatic carbocycles. The molecule has 0 heterocycles. The van der Waals surface area contributed by atoms with Crippen molar-refractivity contribution in [3.63, 3.8) is 0 Å². The summed E-state index contributed by atoms with van der Waals surface area (Å²) in [4.78, 5) is 13.1. The lowest BCUT2D eigenvalue weighted by atomic mass is 10.0. The number of rotatable bonds is 3. The van der Waals surface area contributed by atoms with Crippen LogP contribution in [0.4, 0.5) is 13.2 Å². The lowest BCUT2D eigenvalue weighted by molar-refractivity contribution is -0.137. The number of carbonyl (C=O) groups is 1. The fourth-order valence-electron chi connectivity index (χ4n) is 1.75. The number of carbonyl (C=O) groups excluding carboxylic acids is 1. The first-order chi connectivity index (χ1) is 7.73. The van der Waals surface area contributed by atoms with Gasteiger partial charge in [0.2, 0.25) is 0 Å². The van der Waals surface area contributed by atoms with E-state index in [-0.39, 0.29) is 18.2 Å². The van der Waals surface area contributed by atoms with E-state index in [1.165, 1.54) is 19.1 Å². The highest BCUT2D eigenvalue weighted by atomic mass is 35.5. The lowest BCUT2D eigenvalue weighted by Gasteiger charge is -2.22. The summed E-state index contributed by atoms with van der Waals surface area (Å²) in [5.74, 6) is -0.102. The van der Waals surface area contributed by atoms with Crippen LogP contribution in [-0.4, -0.2) is 24.8 Å². The summed E-state index contributed by atoms with van der Waals surface area (Å²) >= 11 is 0. The maximum absolute atomic E-state index is 12.4. The number of Topliss-reactive ketones (excluding diaryl/α,β-unsaturated/α-hetero) is 1. The Hall–Kier alpha value is -1.07. The molecule has 0 saturated heterocycles. The van der Waals surface area contributed by atoms with Gasteiger partial charge >= 0.3 is 6.18 Å². The van der Waals surface area contributed by atoms with Crippen LogP contribution in [0.15, 0.2) is 24.3 Å². The fourth-order valence-corrected chi connectivity index (χ4v) is 1.75. The maximum atomic E-state index is 12.4. The molecular weight excluding hydrogens is 267 g/mol. The average Bonchev–Trinajstić information content (AvgIpc) is 2.15. The van der Waals surface area contributed by atoms with E-state index in [0.717, 1.165) is 12.1 Å². The molecule has 0 aliphatic carbocycles. The summed E-state index contributed by atoms with van der Waals surface area (Å²) in [5.41, 5.74) is -0.141. The molecule has 0 spiro atoms. The molecule has 0 fully saturated rings. The van der Waals surface area contributed by atoms with E-state index in [4.69, 9.17) is 0 Å². The minimum Gasteiger partial charge on any atom is -0.298 e. The Balaban J connectivity index is 0.00000289. The zero-order valence-electron chi connectivity index (χ0n) is 10.3. The van der Waals surface area contributed by atoms with Gasteiger partial charge in [-0.25, -0.2) is 0 Å². The van der Waals surface area contributed by atoms with E-state index in [0.29, 0.717) is 5.56 Å². The van der Waals surface area contributed by atoms with Crippen LogP contribution >= 0.6 is 12.4 Å². The number of hydrogen-bond donors (Lipinski definition) is 0. The molecule has 1 unspecified atom stereocenters. The van der Waals surface area contributed by atoms with Crippen molar-refractivity contribution in [2.45, 2.75) is 19.1 Å². The number of halogens is 4. The zero-order valence-corrected chi connectivity index (χ0v) is 11.1. The van der Waals surface area contributed by atoms with Crippen LogP contribution in [0.5, 0.6) is 0 Å². The van der Waals surface area contributed by atoms with Gasteiger partial charge in [0.25, 0.3) is 0 Å².